The Morgan fingerprint density at radius 3 is 2.33 bits per heavy atom. The van der Waals surface area contributed by atoms with Crippen molar-refractivity contribution >= 4 is 30.1 Å². The second-order valence-corrected chi connectivity index (χ2v) is 5.06. The van der Waals surface area contributed by atoms with Gasteiger partial charge in [0.25, 0.3) is 0 Å². The lowest BCUT2D eigenvalue weighted by molar-refractivity contribution is 0.437. The molecule has 10 heteroatoms. The summed E-state index contributed by atoms with van der Waals surface area (Å²) in [5, 5.41) is 0. The predicted octanol–water partition coefficient (Wildman–Crippen LogP) is 2.81. The summed E-state index contributed by atoms with van der Waals surface area (Å²) in [6.45, 7) is -3.74. The zero-order valence-electron chi connectivity index (χ0n) is 9.03. The van der Waals surface area contributed by atoms with Crippen molar-refractivity contribution in [2.24, 2.45) is 0 Å². The van der Waals surface area contributed by atoms with Gasteiger partial charge in [0.15, 0.2) is 0 Å². The lowest BCUT2D eigenvalue weighted by atomic mass is 9.81. The highest BCUT2D eigenvalue weighted by atomic mass is 32.3. The van der Waals surface area contributed by atoms with Crippen LogP contribution < -0.4 is 4.18 Å². The molecule has 1 rings (SSSR count). The molecule has 0 aliphatic carbocycles. The van der Waals surface area contributed by atoms with Gasteiger partial charge in [-0.3, -0.25) is 0 Å². The summed E-state index contributed by atoms with van der Waals surface area (Å²) < 4.78 is 73.7. The van der Waals surface area contributed by atoms with Gasteiger partial charge in [0, 0.05) is 10.5 Å². The molecule has 0 spiro atoms. The van der Waals surface area contributed by atoms with Crippen LogP contribution in [0.1, 0.15) is 11.1 Å². The quantitative estimate of drug-likeness (QED) is 0.402. The van der Waals surface area contributed by atoms with Crippen LogP contribution in [-0.4, -0.2) is 15.4 Å². The van der Waals surface area contributed by atoms with Crippen molar-refractivity contribution in [3.8, 4) is 5.75 Å². The van der Waals surface area contributed by atoms with Crippen LogP contribution in [0.4, 0.5) is 16.8 Å². The highest BCUT2D eigenvalue weighted by molar-refractivity contribution is 7.81. The normalized spacial score (nSPS) is 12.6. The summed E-state index contributed by atoms with van der Waals surface area (Å²) in [5.41, 5.74) is -0.102. The van der Waals surface area contributed by atoms with Crippen LogP contribution >= 0.6 is 12.6 Å². The Kier molecular flexibility index (Phi) is 4.21. The van der Waals surface area contributed by atoms with E-state index in [-0.39, 0.29) is 16.0 Å². The van der Waals surface area contributed by atoms with Crippen molar-refractivity contribution in [2.75, 3.05) is 0 Å². The average Bonchev–Trinajstić information content (AvgIpc) is 2.08. The fraction of sp³-hybridized carbons (Fsp3) is 0.250. The maximum absolute atomic E-state index is 12.4. The van der Waals surface area contributed by atoms with Crippen molar-refractivity contribution in [1.82, 2.24) is 0 Å². The van der Waals surface area contributed by atoms with E-state index < -0.39 is 29.6 Å². The lowest BCUT2D eigenvalue weighted by Gasteiger charge is -2.16. The summed E-state index contributed by atoms with van der Waals surface area (Å²) in [6.07, 6.45) is -1.23. The summed E-state index contributed by atoms with van der Waals surface area (Å²) in [5.74, 6) is -0.500. The molecule has 0 saturated carbocycles. The molecule has 0 radical (unpaired) electrons. The zero-order chi connectivity index (χ0) is 14.1. The van der Waals surface area contributed by atoms with Gasteiger partial charge in [-0.2, -0.15) is 8.42 Å². The Labute approximate surface area is 107 Å². The fourth-order valence-corrected chi connectivity index (χ4v) is 1.97. The second-order valence-electron chi connectivity index (χ2n) is 3.63. The minimum atomic E-state index is -5.29. The number of halogens is 4. The van der Waals surface area contributed by atoms with Crippen molar-refractivity contribution in [3.05, 3.63) is 23.3 Å². The van der Waals surface area contributed by atoms with Crippen LogP contribution in [-0.2, 0) is 16.8 Å². The maximum Gasteiger partial charge on any atom is 0.488 e. The minimum Gasteiger partial charge on any atom is -0.449 e. The molecule has 0 aromatic heterocycles. The van der Waals surface area contributed by atoms with Crippen LogP contribution in [0.2, 0.25) is 0 Å². The Morgan fingerprint density at radius 2 is 1.89 bits per heavy atom. The van der Waals surface area contributed by atoms with Crippen LogP contribution in [0.15, 0.2) is 17.0 Å². The average molecular weight is 303 g/mol. The van der Waals surface area contributed by atoms with Gasteiger partial charge in [-0.1, -0.05) is 15.8 Å². The summed E-state index contributed by atoms with van der Waals surface area (Å²) in [7, 11) is -5.29. The smallest absolute Gasteiger partial charge is 0.449 e. The molecule has 102 valence electrons. The highest BCUT2D eigenvalue weighted by Crippen LogP contribution is 2.30. The Morgan fingerprint density at radius 1 is 1.33 bits per heavy atom. The van der Waals surface area contributed by atoms with Gasteiger partial charge in [-0.05, 0) is 19.1 Å². The molecule has 0 amide bonds. The van der Waals surface area contributed by atoms with Gasteiger partial charge in [0.1, 0.15) is 5.75 Å². The van der Waals surface area contributed by atoms with Crippen LogP contribution in [0.25, 0.3) is 0 Å². The molecular formula is C8H8BF4O3S2-. The van der Waals surface area contributed by atoms with E-state index >= 15 is 0 Å². The van der Waals surface area contributed by atoms with Gasteiger partial charge in [0.2, 0.25) is 0 Å². The van der Waals surface area contributed by atoms with Crippen LogP contribution in [0, 0.1) is 6.92 Å². The summed E-state index contributed by atoms with van der Waals surface area (Å²) in [4.78, 5) is 0.0891. The van der Waals surface area contributed by atoms with Gasteiger partial charge in [0.05, 0.1) is 0 Å². The number of hydrogen-bond acceptors (Lipinski definition) is 4. The molecule has 0 heterocycles. The summed E-state index contributed by atoms with van der Waals surface area (Å²) in [6, 6.07) is 1.97. The van der Waals surface area contributed by atoms with E-state index in [9.17, 15) is 25.3 Å². The fourth-order valence-electron chi connectivity index (χ4n) is 1.31. The third-order valence-electron chi connectivity index (χ3n) is 2.05. The molecule has 0 saturated heterocycles. The molecule has 0 bridgehead atoms. The topological polar surface area (TPSA) is 43.4 Å². The Hall–Kier alpha value is -0.895. The van der Waals surface area contributed by atoms with E-state index in [0.29, 0.717) is 0 Å². The zero-order valence-corrected chi connectivity index (χ0v) is 10.7. The van der Waals surface area contributed by atoms with Crippen molar-refractivity contribution in [3.63, 3.8) is 0 Å². The molecule has 0 aliphatic rings. The van der Waals surface area contributed by atoms with E-state index in [4.69, 9.17) is 0 Å². The van der Waals surface area contributed by atoms with Crippen LogP contribution in [0.5, 0.6) is 5.75 Å². The monoisotopic (exact) mass is 303 g/mol. The first-order chi connectivity index (χ1) is 7.98. The molecule has 1 aromatic carbocycles. The van der Waals surface area contributed by atoms with E-state index in [0.717, 1.165) is 12.1 Å². The van der Waals surface area contributed by atoms with Gasteiger partial charge >= 0.3 is 17.5 Å². The van der Waals surface area contributed by atoms with E-state index in [1.165, 1.54) is 6.92 Å². The SMILES string of the molecule is Cc1c(S)cc(C[B-](F)(F)F)cc1OS(=O)(=O)F. The first kappa shape index (κ1) is 15.2. The number of hydrogen-bond donors (Lipinski definition) is 1. The van der Waals surface area contributed by atoms with Gasteiger partial charge in [-0.15, -0.1) is 12.6 Å². The largest absolute Gasteiger partial charge is 0.488 e. The Balaban J connectivity index is 3.19. The molecule has 0 atom stereocenters. The molecule has 18 heavy (non-hydrogen) atoms. The van der Waals surface area contributed by atoms with E-state index in [2.05, 4.69) is 16.8 Å². The van der Waals surface area contributed by atoms with E-state index in [1.54, 1.807) is 0 Å². The third-order valence-corrected chi connectivity index (χ3v) is 2.89. The predicted molar refractivity (Wildman–Crippen MR) is 61.9 cm³/mol. The summed E-state index contributed by atoms with van der Waals surface area (Å²) >= 11 is 3.88. The number of rotatable bonds is 4. The molecule has 0 fully saturated rings. The third kappa shape index (κ3) is 4.77. The van der Waals surface area contributed by atoms with E-state index in [1.807, 2.05) is 0 Å². The maximum atomic E-state index is 12.4. The standard InChI is InChI=1S/C8H8BF4O3S2/c1-5-7(16-18(13,14)15)2-6(3-8(5)17)4-9(10,11)12/h2-3,17H,4H2,1H3/q-1. The molecule has 0 aliphatic heterocycles. The van der Waals surface area contributed by atoms with Gasteiger partial charge in [-0.25, -0.2) is 0 Å². The minimum absolute atomic E-state index is 0.0891. The molecule has 0 unspecified atom stereocenters. The van der Waals surface area contributed by atoms with Crippen LogP contribution in [0.3, 0.4) is 0 Å². The lowest BCUT2D eigenvalue weighted by Crippen LogP contribution is -2.19. The molecule has 0 N–H and O–H groups in total. The molecule has 1 aromatic rings. The molecule has 3 nitrogen and oxygen atoms in total. The highest BCUT2D eigenvalue weighted by Gasteiger charge is 2.24. The van der Waals surface area contributed by atoms with Crippen molar-refractivity contribution in [2.45, 2.75) is 18.1 Å². The number of thiol groups is 1. The van der Waals surface area contributed by atoms with Crippen molar-refractivity contribution in [1.29, 1.82) is 0 Å². The van der Waals surface area contributed by atoms with Gasteiger partial charge < -0.3 is 17.1 Å². The second kappa shape index (κ2) is 5.00. The Bertz CT molecular complexity index is 556. The first-order valence-corrected chi connectivity index (χ1v) is 6.41. The first-order valence-electron chi connectivity index (χ1n) is 4.65. The number of benzene rings is 1. The van der Waals surface area contributed by atoms with Crippen molar-refractivity contribution < 1.29 is 29.4 Å². The molecular weight excluding hydrogens is 295 g/mol.